The number of fused-ring (bicyclic) bond motifs is 7. The van der Waals surface area contributed by atoms with Gasteiger partial charge in [0.05, 0.1) is 11.1 Å². The number of anilines is 3. The lowest BCUT2D eigenvalue weighted by Crippen LogP contribution is -2.28. The standard InChI is InChI=1S/C68H49N/c1-67(2)62-29-14-11-26-58(62)60-43-41-54(45-64(60)67)69(66-31-16-13-25-57(66)48-18-5-3-6-19-48)53-39-34-46(35-40-53)50-36-42-61-59-27-12-15-30-63(59)68(65(61)44-50,51-22-7-4-8-23-51)52-37-32-49(33-38-52)56-28-17-21-47-20-9-10-24-55(47)56/h3-45H,1-2H3. The van der Waals surface area contributed by atoms with Crippen molar-refractivity contribution in [3.63, 3.8) is 0 Å². The van der Waals surface area contributed by atoms with Gasteiger partial charge in [0.2, 0.25) is 0 Å². The van der Waals surface area contributed by atoms with Gasteiger partial charge < -0.3 is 4.90 Å². The Bertz CT molecular complexity index is 3730. The average Bonchev–Trinajstić information content (AvgIpc) is 3.84. The van der Waals surface area contributed by atoms with E-state index in [-0.39, 0.29) is 5.41 Å². The molecule has 0 radical (unpaired) electrons. The highest BCUT2D eigenvalue weighted by molar-refractivity contribution is 5.97. The molecule has 1 unspecified atom stereocenters. The van der Waals surface area contributed by atoms with Crippen molar-refractivity contribution in [2.75, 3.05) is 4.90 Å². The zero-order chi connectivity index (χ0) is 46.1. The van der Waals surface area contributed by atoms with E-state index in [1.54, 1.807) is 0 Å². The van der Waals surface area contributed by atoms with E-state index >= 15 is 0 Å². The second-order valence-corrected chi connectivity index (χ2v) is 19.2. The first-order valence-corrected chi connectivity index (χ1v) is 24.2. The Morgan fingerprint density at radius 2 is 0.797 bits per heavy atom. The maximum absolute atomic E-state index is 2.47. The maximum Gasteiger partial charge on any atom is 0.0713 e. The van der Waals surface area contributed by atoms with E-state index in [9.17, 15) is 0 Å². The number of para-hydroxylation sites is 1. The van der Waals surface area contributed by atoms with Gasteiger partial charge >= 0.3 is 0 Å². The molecule has 11 aromatic carbocycles. The van der Waals surface area contributed by atoms with Gasteiger partial charge in [-0.05, 0) is 131 Å². The van der Waals surface area contributed by atoms with Gasteiger partial charge in [-0.3, -0.25) is 0 Å². The number of rotatable bonds is 8. The lowest BCUT2D eigenvalue weighted by molar-refractivity contribution is 0.660. The summed E-state index contributed by atoms with van der Waals surface area (Å²) >= 11 is 0. The van der Waals surface area contributed by atoms with E-state index in [2.05, 4.69) is 280 Å². The highest BCUT2D eigenvalue weighted by Gasteiger charge is 2.46. The fourth-order valence-electron chi connectivity index (χ4n) is 11.9. The highest BCUT2D eigenvalue weighted by atomic mass is 15.1. The van der Waals surface area contributed by atoms with Crippen LogP contribution in [0.15, 0.2) is 261 Å². The summed E-state index contributed by atoms with van der Waals surface area (Å²) in [6.45, 7) is 4.73. The molecule has 1 atom stereocenters. The van der Waals surface area contributed by atoms with Crippen LogP contribution in [0, 0.1) is 0 Å². The molecular weight excluding hydrogens is 831 g/mol. The van der Waals surface area contributed by atoms with Gasteiger partial charge in [0, 0.05) is 22.4 Å². The summed E-state index contributed by atoms with van der Waals surface area (Å²) in [7, 11) is 0. The molecule has 0 bridgehead atoms. The summed E-state index contributed by atoms with van der Waals surface area (Å²) in [5.41, 5.74) is 23.0. The van der Waals surface area contributed by atoms with E-state index in [0.717, 1.165) is 17.1 Å². The predicted molar refractivity (Wildman–Crippen MR) is 290 cm³/mol. The van der Waals surface area contributed by atoms with Crippen molar-refractivity contribution in [3.8, 4) is 55.6 Å². The highest BCUT2D eigenvalue weighted by Crippen LogP contribution is 2.57. The average molecular weight is 880 g/mol. The zero-order valence-corrected chi connectivity index (χ0v) is 38.8. The molecular formula is C68H49N. The van der Waals surface area contributed by atoms with Gasteiger partial charge in [0.1, 0.15) is 0 Å². The van der Waals surface area contributed by atoms with Gasteiger partial charge in [0.15, 0.2) is 0 Å². The fourth-order valence-corrected chi connectivity index (χ4v) is 11.9. The number of benzene rings is 11. The lowest BCUT2D eigenvalue weighted by Gasteiger charge is -2.34. The first-order valence-electron chi connectivity index (χ1n) is 24.2. The third-order valence-electron chi connectivity index (χ3n) is 15.2. The predicted octanol–water partition coefficient (Wildman–Crippen LogP) is 18.0. The first kappa shape index (κ1) is 40.7. The van der Waals surface area contributed by atoms with Gasteiger partial charge in [-0.25, -0.2) is 0 Å². The van der Waals surface area contributed by atoms with Crippen molar-refractivity contribution in [2.24, 2.45) is 0 Å². The quantitative estimate of drug-likeness (QED) is 0.147. The first-order chi connectivity index (χ1) is 34.0. The van der Waals surface area contributed by atoms with E-state index in [0.29, 0.717) is 0 Å². The number of nitrogens with zero attached hydrogens (tertiary/aromatic N) is 1. The third kappa shape index (κ3) is 6.38. The molecule has 0 fully saturated rings. The van der Waals surface area contributed by atoms with Crippen LogP contribution in [-0.2, 0) is 10.8 Å². The molecule has 1 heteroatoms. The Kier molecular flexibility index (Phi) is 9.49. The molecule has 69 heavy (non-hydrogen) atoms. The van der Waals surface area contributed by atoms with E-state index in [1.165, 1.54) is 99.8 Å². The molecule has 2 aliphatic carbocycles. The van der Waals surface area contributed by atoms with Crippen LogP contribution >= 0.6 is 0 Å². The molecule has 11 aromatic rings. The van der Waals surface area contributed by atoms with Crippen LogP contribution in [0.5, 0.6) is 0 Å². The smallest absolute Gasteiger partial charge is 0.0713 e. The molecule has 0 saturated carbocycles. The molecule has 326 valence electrons. The van der Waals surface area contributed by atoms with Gasteiger partial charge in [-0.15, -0.1) is 0 Å². The number of hydrogen-bond acceptors (Lipinski definition) is 1. The third-order valence-corrected chi connectivity index (χ3v) is 15.2. The SMILES string of the molecule is CC1(C)c2ccccc2-c2ccc(N(c3ccc(-c4ccc5c(c4)C(c4ccccc4)(c4ccc(-c6cccc7ccccc67)cc4)c4ccccc4-5)cc3)c3ccccc3-c3ccccc3)cc21. The van der Waals surface area contributed by atoms with Gasteiger partial charge in [0.25, 0.3) is 0 Å². The Hall–Kier alpha value is -8.52. The zero-order valence-electron chi connectivity index (χ0n) is 38.8. The Labute approximate surface area is 405 Å². The molecule has 0 saturated heterocycles. The topological polar surface area (TPSA) is 3.24 Å². The van der Waals surface area contributed by atoms with Crippen molar-refractivity contribution in [1.29, 1.82) is 0 Å². The largest absolute Gasteiger partial charge is 0.310 e. The van der Waals surface area contributed by atoms with Crippen molar-refractivity contribution >= 4 is 27.8 Å². The van der Waals surface area contributed by atoms with Crippen molar-refractivity contribution < 1.29 is 0 Å². The Morgan fingerprint density at radius 3 is 1.58 bits per heavy atom. The molecule has 0 aliphatic heterocycles. The monoisotopic (exact) mass is 879 g/mol. The van der Waals surface area contributed by atoms with Gasteiger partial charge in [-0.2, -0.15) is 0 Å². The minimum absolute atomic E-state index is 0.128. The minimum atomic E-state index is -0.528. The minimum Gasteiger partial charge on any atom is -0.310 e. The molecule has 0 N–H and O–H groups in total. The number of hydrogen-bond donors (Lipinski definition) is 0. The molecule has 0 heterocycles. The van der Waals surface area contributed by atoms with Crippen LogP contribution in [0.25, 0.3) is 66.4 Å². The van der Waals surface area contributed by atoms with Crippen LogP contribution in [0.1, 0.15) is 47.2 Å². The van der Waals surface area contributed by atoms with Crippen LogP contribution in [0.4, 0.5) is 17.1 Å². The van der Waals surface area contributed by atoms with Crippen LogP contribution in [0.2, 0.25) is 0 Å². The normalized spacial score (nSPS) is 15.0. The lowest BCUT2D eigenvalue weighted by atomic mass is 9.67. The summed E-state index contributed by atoms with van der Waals surface area (Å²) in [4.78, 5) is 2.45. The Balaban J connectivity index is 0.947. The summed E-state index contributed by atoms with van der Waals surface area (Å²) in [5.74, 6) is 0. The summed E-state index contributed by atoms with van der Waals surface area (Å²) in [5, 5.41) is 2.52. The van der Waals surface area contributed by atoms with E-state index < -0.39 is 5.41 Å². The second-order valence-electron chi connectivity index (χ2n) is 19.2. The molecule has 0 spiro atoms. The Morgan fingerprint density at radius 1 is 0.290 bits per heavy atom. The van der Waals surface area contributed by atoms with Crippen molar-refractivity contribution in [3.05, 3.63) is 294 Å². The van der Waals surface area contributed by atoms with E-state index in [4.69, 9.17) is 0 Å². The fraction of sp³-hybridized carbons (Fsp3) is 0.0588. The molecule has 0 aromatic heterocycles. The van der Waals surface area contributed by atoms with Crippen LogP contribution < -0.4 is 4.90 Å². The molecule has 13 rings (SSSR count). The summed E-state index contributed by atoms with van der Waals surface area (Å²) < 4.78 is 0. The molecule has 2 aliphatic rings. The summed E-state index contributed by atoms with van der Waals surface area (Å²) in [6, 6.07) is 96.8. The van der Waals surface area contributed by atoms with E-state index in [1.807, 2.05) is 0 Å². The van der Waals surface area contributed by atoms with Gasteiger partial charge in [-0.1, -0.05) is 238 Å². The molecule has 1 nitrogen and oxygen atoms in total. The second kappa shape index (κ2) is 16.1. The molecule has 0 amide bonds. The van der Waals surface area contributed by atoms with Crippen LogP contribution in [-0.4, -0.2) is 0 Å². The van der Waals surface area contributed by atoms with Crippen LogP contribution in [0.3, 0.4) is 0 Å². The van der Waals surface area contributed by atoms with Crippen molar-refractivity contribution in [1.82, 2.24) is 0 Å². The van der Waals surface area contributed by atoms with Crippen molar-refractivity contribution in [2.45, 2.75) is 24.7 Å². The summed E-state index contributed by atoms with van der Waals surface area (Å²) in [6.07, 6.45) is 0. The maximum atomic E-state index is 2.47.